The van der Waals surface area contributed by atoms with Crippen molar-refractivity contribution in [3.05, 3.63) is 17.2 Å². The van der Waals surface area contributed by atoms with Gasteiger partial charge in [-0.25, -0.2) is 4.79 Å². The minimum absolute atomic E-state index is 0.0577. The Balaban J connectivity index is 2.47. The van der Waals surface area contributed by atoms with Gasteiger partial charge in [-0.2, -0.15) is 0 Å². The third kappa shape index (κ3) is 2.06. The lowest BCUT2D eigenvalue weighted by atomic mass is 10.2. The molecule has 96 valence electrons. The molecule has 1 N–H and O–H groups in total. The first-order chi connectivity index (χ1) is 8.56. The van der Waals surface area contributed by atoms with E-state index >= 15 is 0 Å². The minimum atomic E-state index is -0.500. The van der Waals surface area contributed by atoms with E-state index in [-0.39, 0.29) is 12.5 Å². The predicted octanol–water partition coefficient (Wildman–Crippen LogP) is 1.41. The van der Waals surface area contributed by atoms with Crippen LogP contribution in [0.25, 0.3) is 0 Å². The molecule has 0 atom stereocenters. The van der Waals surface area contributed by atoms with E-state index in [1.165, 1.54) is 25.2 Å². The van der Waals surface area contributed by atoms with Gasteiger partial charge in [0.15, 0.2) is 0 Å². The predicted molar refractivity (Wildman–Crippen MR) is 65.4 cm³/mol. The second-order valence-electron chi connectivity index (χ2n) is 3.60. The van der Waals surface area contributed by atoms with Gasteiger partial charge in [0.2, 0.25) is 5.91 Å². The number of hydrogen-bond donors (Lipinski definition) is 1. The summed E-state index contributed by atoms with van der Waals surface area (Å²) in [7, 11) is 2.94. The van der Waals surface area contributed by atoms with Gasteiger partial charge in [0.1, 0.15) is 18.0 Å². The van der Waals surface area contributed by atoms with Gasteiger partial charge in [-0.3, -0.25) is 15.0 Å². The van der Waals surface area contributed by atoms with Crippen LogP contribution >= 0.6 is 11.6 Å². The van der Waals surface area contributed by atoms with E-state index < -0.39 is 6.03 Å². The van der Waals surface area contributed by atoms with Crippen LogP contribution in [0, 0.1) is 0 Å². The lowest BCUT2D eigenvalue weighted by Crippen LogP contribution is -2.28. The summed E-state index contributed by atoms with van der Waals surface area (Å²) in [6.45, 7) is -0.0577. The van der Waals surface area contributed by atoms with Crippen molar-refractivity contribution in [2.24, 2.45) is 0 Å². The van der Waals surface area contributed by atoms with E-state index in [0.717, 1.165) is 0 Å². The zero-order chi connectivity index (χ0) is 13.3. The van der Waals surface area contributed by atoms with Gasteiger partial charge >= 0.3 is 6.03 Å². The van der Waals surface area contributed by atoms with E-state index in [2.05, 4.69) is 5.32 Å². The highest BCUT2D eigenvalue weighted by molar-refractivity contribution is 6.32. The van der Waals surface area contributed by atoms with Gasteiger partial charge in [-0.15, -0.1) is 0 Å². The zero-order valence-electron chi connectivity index (χ0n) is 9.82. The number of ether oxygens (including phenoxy) is 2. The molecular formula is C11H11ClN2O4. The summed E-state index contributed by atoms with van der Waals surface area (Å²) in [5.74, 6) is 0.471. The first kappa shape index (κ1) is 12.5. The van der Waals surface area contributed by atoms with Crippen molar-refractivity contribution >= 4 is 29.2 Å². The van der Waals surface area contributed by atoms with Crippen LogP contribution in [0.3, 0.4) is 0 Å². The molecule has 1 aromatic carbocycles. The number of methoxy groups -OCH3 is 2. The summed E-state index contributed by atoms with van der Waals surface area (Å²) in [6.07, 6.45) is 0. The van der Waals surface area contributed by atoms with E-state index in [0.29, 0.717) is 22.2 Å². The molecule has 0 radical (unpaired) electrons. The number of carbonyl (C=O) groups excluding carboxylic acids is 2. The fourth-order valence-corrected chi connectivity index (χ4v) is 1.93. The number of nitrogens with one attached hydrogen (secondary N) is 1. The fourth-order valence-electron chi connectivity index (χ4n) is 1.69. The number of urea groups is 1. The molecule has 1 aromatic rings. The number of carbonyl (C=O) groups is 2. The Labute approximate surface area is 108 Å². The van der Waals surface area contributed by atoms with E-state index in [1.54, 1.807) is 6.07 Å². The van der Waals surface area contributed by atoms with Crippen LogP contribution < -0.4 is 19.7 Å². The van der Waals surface area contributed by atoms with E-state index in [4.69, 9.17) is 21.1 Å². The molecule has 0 aliphatic carbocycles. The third-order valence-corrected chi connectivity index (χ3v) is 2.83. The number of benzene rings is 1. The van der Waals surface area contributed by atoms with Crippen molar-refractivity contribution in [1.82, 2.24) is 5.32 Å². The van der Waals surface area contributed by atoms with Gasteiger partial charge in [0, 0.05) is 6.07 Å². The average Bonchev–Trinajstić information content (AvgIpc) is 2.68. The second kappa shape index (κ2) is 4.73. The molecule has 7 heteroatoms. The Kier molecular flexibility index (Phi) is 3.29. The van der Waals surface area contributed by atoms with Crippen LogP contribution in [0.5, 0.6) is 11.5 Å². The van der Waals surface area contributed by atoms with Gasteiger partial charge < -0.3 is 9.47 Å². The lowest BCUT2D eigenvalue weighted by Gasteiger charge is -2.18. The molecule has 0 unspecified atom stereocenters. The SMILES string of the molecule is COc1cc(OC)c(N2CC(=O)NC2=O)cc1Cl. The Bertz CT molecular complexity index is 518. The highest BCUT2D eigenvalue weighted by Crippen LogP contribution is 2.38. The van der Waals surface area contributed by atoms with Gasteiger partial charge in [-0.05, 0) is 6.07 Å². The molecule has 2 rings (SSSR count). The maximum atomic E-state index is 11.6. The Morgan fingerprint density at radius 1 is 1.22 bits per heavy atom. The molecule has 0 spiro atoms. The Hall–Kier alpha value is -1.95. The van der Waals surface area contributed by atoms with Crippen molar-refractivity contribution in [2.75, 3.05) is 25.7 Å². The molecule has 3 amide bonds. The summed E-state index contributed by atoms with van der Waals surface area (Å²) < 4.78 is 10.2. The van der Waals surface area contributed by atoms with Gasteiger partial charge in [0.25, 0.3) is 0 Å². The molecule has 6 nitrogen and oxygen atoms in total. The van der Waals surface area contributed by atoms with Crippen molar-refractivity contribution in [1.29, 1.82) is 0 Å². The van der Waals surface area contributed by atoms with Crippen LogP contribution in [0.4, 0.5) is 10.5 Å². The maximum Gasteiger partial charge on any atom is 0.329 e. The lowest BCUT2D eigenvalue weighted by molar-refractivity contribution is -0.117. The minimum Gasteiger partial charge on any atom is -0.495 e. The monoisotopic (exact) mass is 270 g/mol. The van der Waals surface area contributed by atoms with E-state index in [9.17, 15) is 9.59 Å². The summed E-state index contributed by atoms with van der Waals surface area (Å²) in [5.41, 5.74) is 0.423. The first-order valence-corrected chi connectivity index (χ1v) is 5.47. The largest absolute Gasteiger partial charge is 0.495 e. The molecule has 18 heavy (non-hydrogen) atoms. The molecule has 1 saturated heterocycles. The fraction of sp³-hybridized carbons (Fsp3) is 0.273. The molecule has 1 aliphatic heterocycles. The highest BCUT2D eigenvalue weighted by Gasteiger charge is 2.30. The third-order valence-electron chi connectivity index (χ3n) is 2.54. The number of nitrogens with zero attached hydrogens (tertiary/aromatic N) is 1. The molecule has 1 heterocycles. The van der Waals surface area contributed by atoms with Crippen molar-refractivity contribution in [3.8, 4) is 11.5 Å². The maximum absolute atomic E-state index is 11.6. The molecule has 0 saturated carbocycles. The Morgan fingerprint density at radius 2 is 1.89 bits per heavy atom. The molecule has 1 fully saturated rings. The van der Waals surface area contributed by atoms with Crippen LogP contribution in [-0.2, 0) is 4.79 Å². The van der Waals surface area contributed by atoms with Crippen molar-refractivity contribution in [2.45, 2.75) is 0 Å². The Morgan fingerprint density at radius 3 is 2.39 bits per heavy atom. The smallest absolute Gasteiger partial charge is 0.329 e. The number of amides is 3. The van der Waals surface area contributed by atoms with E-state index in [1.807, 2.05) is 0 Å². The van der Waals surface area contributed by atoms with Gasteiger partial charge in [-0.1, -0.05) is 11.6 Å². The quantitative estimate of drug-likeness (QED) is 0.844. The molecule has 0 bridgehead atoms. The highest BCUT2D eigenvalue weighted by atomic mass is 35.5. The molecule has 0 aromatic heterocycles. The number of imide groups is 1. The van der Waals surface area contributed by atoms with Crippen LogP contribution in [0.1, 0.15) is 0 Å². The number of hydrogen-bond acceptors (Lipinski definition) is 4. The van der Waals surface area contributed by atoms with Crippen LogP contribution in [-0.4, -0.2) is 32.7 Å². The molecular weight excluding hydrogens is 260 g/mol. The summed E-state index contributed by atoms with van der Waals surface area (Å²) in [4.78, 5) is 24.0. The standard InChI is InChI=1S/C11H11ClN2O4/c1-17-8-4-9(18-2)7(3-6(8)12)14-5-10(15)13-11(14)16/h3-4H,5H2,1-2H3,(H,13,15,16). The second-order valence-corrected chi connectivity index (χ2v) is 4.01. The zero-order valence-corrected chi connectivity index (χ0v) is 10.6. The number of anilines is 1. The van der Waals surface area contributed by atoms with Crippen LogP contribution in [0.2, 0.25) is 5.02 Å². The normalized spacial score (nSPS) is 14.7. The number of halogens is 1. The topological polar surface area (TPSA) is 67.9 Å². The number of rotatable bonds is 3. The average molecular weight is 271 g/mol. The van der Waals surface area contributed by atoms with Gasteiger partial charge in [0.05, 0.1) is 24.9 Å². The van der Waals surface area contributed by atoms with Crippen molar-refractivity contribution < 1.29 is 19.1 Å². The summed E-state index contributed by atoms with van der Waals surface area (Å²) >= 11 is 6.00. The van der Waals surface area contributed by atoms with Crippen molar-refractivity contribution in [3.63, 3.8) is 0 Å². The first-order valence-electron chi connectivity index (χ1n) is 5.09. The molecule has 1 aliphatic rings. The summed E-state index contributed by atoms with van der Waals surface area (Å²) in [5, 5.41) is 2.52. The summed E-state index contributed by atoms with van der Waals surface area (Å²) in [6, 6.07) is 2.59. The van der Waals surface area contributed by atoms with Crippen LogP contribution in [0.15, 0.2) is 12.1 Å².